The van der Waals surface area contributed by atoms with Crippen molar-refractivity contribution in [1.29, 1.82) is 0 Å². The lowest BCUT2D eigenvalue weighted by atomic mass is 9.94. The quantitative estimate of drug-likeness (QED) is 0.363. The molecular weight excluding hydrogens is 492 g/mol. The number of carbonyl (C=O) groups is 1. The van der Waals surface area contributed by atoms with Gasteiger partial charge in [0.2, 0.25) is 0 Å². The SMILES string of the molecule is CN(c1ccc2c(c1)nc(C(C)(C)C)n2CC1CCOCC1)S(=O)(=O)[NH+]=CC(=CN)C(=O)NC(C)(C)C. The van der Waals surface area contributed by atoms with Crippen LogP contribution in [0.4, 0.5) is 5.69 Å². The molecule has 1 fully saturated rings. The number of hydrogen-bond donors (Lipinski definition) is 3. The van der Waals surface area contributed by atoms with Gasteiger partial charge in [0, 0.05) is 44.0 Å². The van der Waals surface area contributed by atoms with Gasteiger partial charge < -0.3 is 20.4 Å². The Morgan fingerprint density at radius 1 is 1.24 bits per heavy atom. The Bertz CT molecular complexity index is 1290. The maximum Gasteiger partial charge on any atom is 0.465 e. The molecular formula is C26H41N6O4S+. The summed E-state index contributed by atoms with van der Waals surface area (Å²) in [6, 6.07) is 5.46. The third kappa shape index (κ3) is 7.10. The molecule has 37 heavy (non-hydrogen) atoms. The maximum atomic E-state index is 13.0. The Kier molecular flexibility index (Phi) is 8.38. The molecule has 0 saturated carbocycles. The molecule has 2 heterocycles. The molecule has 0 aliphatic carbocycles. The van der Waals surface area contributed by atoms with Crippen molar-refractivity contribution >= 4 is 39.1 Å². The minimum Gasteiger partial charge on any atom is -0.404 e. The van der Waals surface area contributed by atoms with Crippen LogP contribution in [0.1, 0.15) is 60.2 Å². The van der Waals surface area contributed by atoms with Crippen LogP contribution in [0.5, 0.6) is 0 Å². The van der Waals surface area contributed by atoms with E-state index in [9.17, 15) is 13.2 Å². The molecule has 0 bridgehead atoms. The summed E-state index contributed by atoms with van der Waals surface area (Å²) in [4.78, 5) is 17.3. The number of hydrogen-bond acceptors (Lipinski definition) is 6. The number of aromatic nitrogens is 2. The maximum absolute atomic E-state index is 13.0. The molecule has 0 unspecified atom stereocenters. The van der Waals surface area contributed by atoms with Gasteiger partial charge in [0.05, 0.1) is 16.7 Å². The van der Waals surface area contributed by atoms with Gasteiger partial charge in [-0.15, -0.1) is 12.8 Å². The summed E-state index contributed by atoms with van der Waals surface area (Å²) in [6.45, 7) is 14.3. The zero-order chi connectivity index (χ0) is 27.6. The van der Waals surface area contributed by atoms with Crippen molar-refractivity contribution in [3.05, 3.63) is 35.8 Å². The summed E-state index contributed by atoms with van der Waals surface area (Å²) in [5, 5.41) is 2.75. The molecule has 1 amide bonds. The summed E-state index contributed by atoms with van der Waals surface area (Å²) >= 11 is 0. The first-order valence-electron chi connectivity index (χ1n) is 12.5. The molecule has 1 aliphatic rings. The van der Waals surface area contributed by atoms with Crippen LogP contribution in [-0.2, 0) is 31.7 Å². The van der Waals surface area contributed by atoms with Crippen molar-refractivity contribution in [1.82, 2.24) is 14.9 Å². The smallest absolute Gasteiger partial charge is 0.404 e. The van der Waals surface area contributed by atoms with Crippen molar-refractivity contribution in [2.45, 2.75) is 71.9 Å². The number of nitrogens with one attached hydrogen (secondary N) is 2. The van der Waals surface area contributed by atoms with Gasteiger partial charge in [-0.05, 0) is 57.7 Å². The number of nitrogens with two attached hydrogens (primary N) is 1. The third-order valence-electron chi connectivity index (χ3n) is 6.20. The van der Waals surface area contributed by atoms with E-state index in [1.54, 1.807) is 12.1 Å². The standard InChI is InChI=1S/C26H40N6O4S/c1-25(2,3)24-29-21-14-20(8-9-22(21)32(24)17-18-10-12-36-13-11-18)31(7)37(34,35)28-16-19(15-27)23(33)30-26(4,5)6/h8-9,14-16,18H,10-13,17,27H2,1-7H3,(H,30,33)/p+1. The van der Waals surface area contributed by atoms with Gasteiger partial charge in [0.15, 0.2) is 6.21 Å². The topological polar surface area (TPSA) is 134 Å². The van der Waals surface area contributed by atoms with Crippen molar-refractivity contribution < 1.29 is 22.3 Å². The Balaban J connectivity index is 1.91. The van der Waals surface area contributed by atoms with Crippen molar-refractivity contribution in [2.24, 2.45) is 11.7 Å². The number of rotatable bonds is 7. The van der Waals surface area contributed by atoms with Crippen molar-refractivity contribution in [2.75, 3.05) is 24.6 Å². The second-order valence-electron chi connectivity index (χ2n) is 11.6. The molecule has 1 aromatic heterocycles. The van der Waals surface area contributed by atoms with Crippen LogP contribution < -0.4 is 19.8 Å². The van der Waals surface area contributed by atoms with E-state index in [0.29, 0.717) is 11.6 Å². The van der Waals surface area contributed by atoms with Gasteiger partial charge in [0.1, 0.15) is 11.4 Å². The first-order valence-corrected chi connectivity index (χ1v) is 14.0. The number of imidazole rings is 1. The summed E-state index contributed by atoms with van der Waals surface area (Å²) in [5.41, 5.74) is 7.04. The summed E-state index contributed by atoms with van der Waals surface area (Å²) in [5.74, 6) is 0.993. The minimum absolute atomic E-state index is 0.00373. The lowest BCUT2D eigenvalue weighted by molar-refractivity contribution is -0.260. The molecule has 0 atom stereocenters. The summed E-state index contributed by atoms with van der Waals surface area (Å²) in [6.07, 6.45) is 4.18. The number of amides is 1. The van der Waals surface area contributed by atoms with E-state index in [1.807, 2.05) is 26.8 Å². The number of nitrogens with zero attached hydrogens (tertiary/aromatic N) is 3. The van der Waals surface area contributed by atoms with Crippen LogP contribution in [0.3, 0.4) is 0 Å². The fraction of sp³-hybridized carbons (Fsp3) is 0.577. The number of carbonyl (C=O) groups excluding carboxylic acids is 1. The Morgan fingerprint density at radius 2 is 1.89 bits per heavy atom. The third-order valence-corrected chi connectivity index (χ3v) is 7.55. The number of anilines is 1. The first-order chi connectivity index (χ1) is 17.1. The normalized spacial score (nSPS) is 16.5. The molecule has 0 radical (unpaired) electrons. The van der Waals surface area contributed by atoms with Crippen LogP contribution in [0, 0.1) is 5.92 Å². The molecule has 1 aliphatic heterocycles. The molecule has 3 rings (SSSR count). The van der Waals surface area contributed by atoms with E-state index in [0.717, 1.165) is 66.2 Å². The fourth-order valence-corrected chi connectivity index (χ4v) is 5.04. The van der Waals surface area contributed by atoms with E-state index in [-0.39, 0.29) is 11.0 Å². The largest absolute Gasteiger partial charge is 0.465 e. The zero-order valence-electron chi connectivity index (χ0n) is 23.0. The highest BCUT2D eigenvalue weighted by molar-refractivity contribution is 7.86. The number of ether oxygens (including phenoxy) is 1. The van der Waals surface area contributed by atoms with Crippen LogP contribution in [0.15, 0.2) is 30.0 Å². The van der Waals surface area contributed by atoms with Gasteiger partial charge in [-0.1, -0.05) is 20.8 Å². The molecule has 11 heteroatoms. The fourth-order valence-electron chi connectivity index (χ4n) is 4.22. The van der Waals surface area contributed by atoms with Gasteiger partial charge in [0.25, 0.3) is 5.91 Å². The van der Waals surface area contributed by atoms with Gasteiger partial charge in [-0.2, -0.15) is 0 Å². The van der Waals surface area contributed by atoms with E-state index in [2.05, 4.69) is 35.1 Å². The lowest BCUT2D eigenvalue weighted by Crippen LogP contribution is -2.77. The Hall–Kier alpha value is -2.92. The first kappa shape index (κ1) is 28.6. The molecule has 1 aromatic carbocycles. The summed E-state index contributed by atoms with van der Waals surface area (Å²) in [7, 11) is -2.57. The van der Waals surface area contributed by atoms with E-state index in [1.165, 1.54) is 7.05 Å². The predicted molar refractivity (Wildman–Crippen MR) is 146 cm³/mol. The second kappa shape index (κ2) is 10.8. The second-order valence-corrected chi connectivity index (χ2v) is 13.3. The minimum atomic E-state index is -4.02. The van der Waals surface area contributed by atoms with Crippen LogP contribution >= 0.6 is 0 Å². The molecule has 1 saturated heterocycles. The van der Waals surface area contributed by atoms with Gasteiger partial charge in [-0.25, -0.2) is 9.29 Å². The Morgan fingerprint density at radius 3 is 2.46 bits per heavy atom. The molecule has 10 nitrogen and oxygen atoms in total. The van der Waals surface area contributed by atoms with Crippen LogP contribution in [0.2, 0.25) is 0 Å². The highest BCUT2D eigenvalue weighted by Gasteiger charge is 2.28. The molecule has 4 N–H and O–H groups in total. The highest BCUT2D eigenvalue weighted by atomic mass is 32.2. The lowest BCUT2D eigenvalue weighted by Gasteiger charge is -2.26. The molecule has 204 valence electrons. The van der Waals surface area contributed by atoms with Crippen molar-refractivity contribution in [3.63, 3.8) is 0 Å². The van der Waals surface area contributed by atoms with Crippen LogP contribution in [-0.4, -0.2) is 55.9 Å². The summed E-state index contributed by atoms with van der Waals surface area (Å²) < 4.78 is 37.3. The molecule has 0 spiro atoms. The van der Waals surface area contributed by atoms with E-state index >= 15 is 0 Å². The number of benzene rings is 1. The highest BCUT2D eigenvalue weighted by Crippen LogP contribution is 2.31. The molecule has 2 aromatic rings. The van der Waals surface area contributed by atoms with Crippen molar-refractivity contribution in [3.8, 4) is 0 Å². The monoisotopic (exact) mass is 533 g/mol. The van der Waals surface area contributed by atoms with Crippen LogP contribution in [0.25, 0.3) is 11.0 Å². The predicted octanol–water partition coefficient (Wildman–Crippen LogP) is 1.35. The number of fused-ring (bicyclic) bond motifs is 1. The average molecular weight is 534 g/mol. The van der Waals surface area contributed by atoms with E-state index < -0.39 is 21.7 Å². The Labute approximate surface area is 220 Å². The zero-order valence-corrected chi connectivity index (χ0v) is 23.8. The van der Waals surface area contributed by atoms with Gasteiger partial charge in [-0.3, -0.25) is 4.79 Å². The van der Waals surface area contributed by atoms with Gasteiger partial charge >= 0.3 is 10.2 Å². The average Bonchev–Trinajstić information content (AvgIpc) is 3.16. The van der Waals surface area contributed by atoms with E-state index in [4.69, 9.17) is 15.5 Å².